The van der Waals surface area contributed by atoms with Crippen LogP contribution in [-0.2, 0) is 14.4 Å². The minimum Gasteiger partial charge on any atom is -0.382 e. The number of rotatable bonds is 5. The Morgan fingerprint density at radius 1 is 1.62 bits per heavy atom. The lowest BCUT2D eigenvalue weighted by molar-refractivity contribution is -0.136. The van der Waals surface area contributed by atoms with E-state index in [9.17, 15) is 4.79 Å². The fraction of sp³-hybridized carbons (Fsp3) is 0.875. The molecule has 5 nitrogen and oxygen atoms in total. The van der Waals surface area contributed by atoms with Crippen LogP contribution in [-0.4, -0.2) is 38.8 Å². The lowest BCUT2D eigenvalue weighted by atomic mass is 10.2. The van der Waals surface area contributed by atoms with E-state index in [1.165, 1.54) is 0 Å². The van der Waals surface area contributed by atoms with Gasteiger partial charge in [0.05, 0.1) is 19.3 Å². The Kier molecular flexibility index (Phi) is 4.74. The Morgan fingerprint density at radius 2 is 2.46 bits per heavy atom. The lowest BCUT2D eigenvalue weighted by Crippen LogP contribution is -2.40. The van der Waals surface area contributed by atoms with Crippen molar-refractivity contribution in [2.24, 2.45) is 0 Å². The van der Waals surface area contributed by atoms with E-state index in [0.717, 1.165) is 19.4 Å². The average molecular weight is 188 g/mol. The third kappa shape index (κ3) is 3.71. The van der Waals surface area contributed by atoms with Gasteiger partial charge in [0, 0.05) is 7.11 Å². The smallest absolute Gasteiger partial charge is 0.260 e. The first kappa shape index (κ1) is 10.4. The normalized spacial score (nSPS) is 21.8. The molecule has 1 atom stereocenters. The molecule has 0 aromatic heterocycles. The van der Waals surface area contributed by atoms with Gasteiger partial charge in [-0.1, -0.05) is 0 Å². The van der Waals surface area contributed by atoms with Crippen molar-refractivity contribution < 1.29 is 14.4 Å². The van der Waals surface area contributed by atoms with Crippen molar-refractivity contribution in [1.82, 2.24) is 10.8 Å². The quantitative estimate of drug-likeness (QED) is 0.448. The van der Waals surface area contributed by atoms with Crippen molar-refractivity contribution in [3.05, 3.63) is 0 Å². The molecule has 0 bridgehead atoms. The summed E-state index contributed by atoms with van der Waals surface area (Å²) in [5, 5.41) is 3.07. The van der Waals surface area contributed by atoms with Gasteiger partial charge in [-0.3, -0.25) is 9.63 Å². The standard InChI is InChI=1S/C8H16N2O3/c1-12-5-6-13-10-8(11)7-3-2-4-9-7/h7,9H,2-6H2,1H3,(H,10,11)/t7-/m0/s1. The largest absolute Gasteiger partial charge is 0.382 e. The Balaban J connectivity index is 2.03. The van der Waals surface area contributed by atoms with E-state index in [2.05, 4.69) is 10.8 Å². The number of amides is 1. The summed E-state index contributed by atoms with van der Waals surface area (Å²) >= 11 is 0. The van der Waals surface area contributed by atoms with Gasteiger partial charge < -0.3 is 10.1 Å². The second kappa shape index (κ2) is 5.90. The van der Waals surface area contributed by atoms with E-state index in [1.807, 2.05) is 0 Å². The van der Waals surface area contributed by atoms with E-state index in [0.29, 0.717) is 13.2 Å². The summed E-state index contributed by atoms with van der Waals surface area (Å²) in [6.07, 6.45) is 1.94. The molecular formula is C8H16N2O3. The monoisotopic (exact) mass is 188 g/mol. The SMILES string of the molecule is COCCONC(=O)[C@@H]1CCCN1. The third-order valence-corrected chi connectivity index (χ3v) is 1.94. The van der Waals surface area contributed by atoms with Crippen molar-refractivity contribution in [2.75, 3.05) is 26.9 Å². The first-order valence-corrected chi connectivity index (χ1v) is 4.48. The highest BCUT2D eigenvalue weighted by molar-refractivity contribution is 5.80. The number of hydrogen-bond donors (Lipinski definition) is 2. The maximum Gasteiger partial charge on any atom is 0.260 e. The number of carbonyl (C=O) groups is 1. The molecule has 0 aromatic carbocycles. The zero-order chi connectivity index (χ0) is 9.52. The Bertz CT molecular complexity index is 157. The van der Waals surface area contributed by atoms with Crippen molar-refractivity contribution in [3.8, 4) is 0 Å². The summed E-state index contributed by atoms with van der Waals surface area (Å²) in [7, 11) is 1.59. The van der Waals surface area contributed by atoms with Crippen LogP contribution < -0.4 is 10.8 Å². The van der Waals surface area contributed by atoms with Crippen LogP contribution in [0.15, 0.2) is 0 Å². The number of ether oxygens (including phenoxy) is 1. The minimum absolute atomic E-state index is 0.0810. The summed E-state index contributed by atoms with van der Waals surface area (Å²) in [6.45, 7) is 1.78. The second-order valence-corrected chi connectivity index (χ2v) is 2.96. The van der Waals surface area contributed by atoms with E-state index < -0.39 is 0 Å². The average Bonchev–Trinajstić information content (AvgIpc) is 2.65. The third-order valence-electron chi connectivity index (χ3n) is 1.94. The molecule has 1 heterocycles. The van der Waals surface area contributed by atoms with Crippen molar-refractivity contribution in [3.63, 3.8) is 0 Å². The van der Waals surface area contributed by atoms with Crippen LogP contribution in [0.2, 0.25) is 0 Å². The number of hydroxylamine groups is 1. The number of carbonyl (C=O) groups excluding carboxylic acids is 1. The Hall–Kier alpha value is -0.650. The maximum absolute atomic E-state index is 11.3. The summed E-state index contributed by atoms with van der Waals surface area (Å²) in [5.41, 5.74) is 2.38. The molecule has 1 aliphatic heterocycles. The Labute approximate surface area is 77.7 Å². The molecule has 76 valence electrons. The fourth-order valence-electron chi connectivity index (χ4n) is 1.23. The lowest BCUT2D eigenvalue weighted by Gasteiger charge is -2.10. The summed E-state index contributed by atoms with van der Waals surface area (Å²) < 4.78 is 4.76. The predicted molar refractivity (Wildman–Crippen MR) is 47.0 cm³/mol. The summed E-state index contributed by atoms with van der Waals surface area (Å²) in [4.78, 5) is 16.2. The van der Waals surface area contributed by atoms with E-state index in [1.54, 1.807) is 7.11 Å². The molecule has 0 radical (unpaired) electrons. The van der Waals surface area contributed by atoms with Crippen LogP contribution in [0.3, 0.4) is 0 Å². The van der Waals surface area contributed by atoms with Crippen molar-refractivity contribution >= 4 is 5.91 Å². The van der Waals surface area contributed by atoms with E-state index in [-0.39, 0.29) is 11.9 Å². The van der Waals surface area contributed by atoms with Gasteiger partial charge in [0.15, 0.2) is 0 Å². The molecule has 0 unspecified atom stereocenters. The number of hydrogen-bond acceptors (Lipinski definition) is 4. The highest BCUT2D eigenvalue weighted by Gasteiger charge is 2.21. The first-order chi connectivity index (χ1) is 6.34. The molecule has 2 N–H and O–H groups in total. The van der Waals surface area contributed by atoms with Gasteiger partial charge in [0.2, 0.25) is 0 Å². The highest BCUT2D eigenvalue weighted by atomic mass is 16.7. The van der Waals surface area contributed by atoms with E-state index >= 15 is 0 Å². The van der Waals surface area contributed by atoms with Gasteiger partial charge in [-0.25, -0.2) is 5.48 Å². The van der Waals surface area contributed by atoms with E-state index in [4.69, 9.17) is 9.57 Å². The van der Waals surface area contributed by atoms with Gasteiger partial charge in [-0.05, 0) is 19.4 Å². The maximum atomic E-state index is 11.3. The molecule has 0 aliphatic carbocycles. The molecule has 1 aliphatic rings. The van der Waals surface area contributed by atoms with Crippen LogP contribution in [0.4, 0.5) is 0 Å². The van der Waals surface area contributed by atoms with Crippen LogP contribution >= 0.6 is 0 Å². The van der Waals surface area contributed by atoms with Crippen LogP contribution in [0, 0.1) is 0 Å². The highest BCUT2D eigenvalue weighted by Crippen LogP contribution is 2.03. The summed E-state index contributed by atoms with van der Waals surface area (Å²) in [6, 6.07) is -0.0810. The molecule has 5 heteroatoms. The molecular weight excluding hydrogens is 172 g/mol. The summed E-state index contributed by atoms with van der Waals surface area (Å²) in [5.74, 6) is -0.0893. The van der Waals surface area contributed by atoms with Crippen molar-refractivity contribution in [1.29, 1.82) is 0 Å². The molecule has 1 rings (SSSR count). The van der Waals surface area contributed by atoms with Crippen LogP contribution in [0.5, 0.6) is 0 Å². The topological polar surface area (TPSA) is 59.6 Å². The van der Waals surface area contributed by atoms with Gasteiger partial charge >= 0.3 is 0 Å². The zero-order valence-corrected chi connectivity index (χ0v) is 7.84. The number of nitrogens with one attached hydrogen (secondary N) is 2. The minimum atomic E-state index is -0.0893. The molecule has 13 heavy (non-hydrogen) atoms. The molecule has 1 saturated heterocycles. The second-order valence-electron chi connectivity index (χ2n) is 2.96. The molecule has 0 aromatic rings. The fourth-order valence-corrected chi connectivity index (χ4v) is 1.23. The van der Waals surface area contributed by atoms with Gasteiger partial charge in [-0.15, -0.1) is 0 Å². The number of methoxy groups -OCH3 is 1. The van der Waals surface area contributed by atoms with Crippen LogP contribution in [0.25, 0.3) is 0 Å². The molecule has 1 amide bonds. The van der Waals surface area contributed by atoms with Gasteiger partial charge in [-0.2, -0.15) is 0 Å². The predicted octanol–water partition coefficient (Wildman–Crippen LogP) is -0.567. The zero-order valence-electron chi connectivity index (χ0n) is 7.84. The van der Waals surface area contributed by atoms with Crippen molar-refractivity contribution in [2.45, 2.75) is 18.9 Å². The first-order valence-electron chi connectivity index (χ1n) is 4.48. The van der Waals surface area contributed by atoms with Gasteiger partial charge in [0.25, 0.3) is 5.91 Å². The Morgan fingerprint density at radius 3 is 3.08 bits per heavy atom. The molecule has 0 saturated carbocycles. The molecule has 1 fully saturated rings. The molecule has 0 spiro atoms. The van der Waals surface area contributed by atoms with Crippen LogP contribution in [0.1, 0.15) is 12.8 Å². The van der Waals surface area contributed by atoms with Gasteiger partial charge in [0.1, 0.15) is 0 Å².